The fraction of sp³-hybridized carbons (Fsp3) is 0.667. The molecule has 0 spiro atoms. The van der Waals surface area contributed by atoms with Gasteiger partial charge in [-0.2, -0.15) is 0 Å². The Kier molecular flexibility index (Phi) is 4.59. The van der Waals surface area contributed by atoms with E-state index >= 15 is 0 Å². The third kappa shape index (κ3) is 4.13. The lowest BCUT2D eigenvalue weighted by Gasteiger charge is -2.24. The summed E-state index contributed by atoms with van der Waals surface area (Å²) in [4.78, 5) is 12.2. The number of carbonyl (C=O) groups is 1. The van der Waals surface area contributed by atoms with Crippen molar-refractivity contribution in [2.75, 3.05) is 14.1 Å². The quantitative estimate of drug-likeness (QED) is 0.646. The van der Waals surface area contributed by atoms with Crippen LogP contribution in [0, 0.1) is 5.92 Å². The second kappa shape index (κ2) is 4.93. The lowest BCUT2D eigenvalue weighted by molar-refractivity contribution is -0.131. The highest BCUT2D eigenvalue weighted by Crippen LogP contribution is 2.08. The Bertz CT molecular complexity index is 165. The molecule has 12 heavy (non-hydrogen) atoms. The minimum Gasteiger partial charge on any atom is -0.478 e. The van der Waals surface area contributed by atoms with Gasteiger partial charge < -0.3 is 10.0 Å². The average Bonchev–Trinajstić information content (AvgIpc) is 1.84. The van der Waals surface area contributed by atoms with Gasteiger partial charge >= 0.3 is 5.97 Å². The number of likely N-dealkylation sites (N-methyl/N-ethyl adjacent to an activating group) is 1. The number of carboxylic acids is 1. The van der Waals surface area contributed by atoms with Crippen LogP contribution in [-0.2, 0) is 4.79 Å². The van der Waals surface area contributed by atoms with Crippen molar-refractivity contribution in [3.63, 3.8) is 0 Å². The van der Waals surface area contributed by atoms with Crippen LogP contribution in [0.4, 0.5) is 0 Å². The molecule has 0 fully saturated rings. The van der Waals surface area contributed by atoms with Gasteiger partial charge in [-0.25, -0.2) is 4.79 Å². The first-order chi connectivity index (χ1) is 5.45. The molecule has 0 saturated heterocycles. The Hall–Kier alpha value is -0.830. The predicted molar refractivity (Wildman–Crippen MR) is 49.1 cm³/mol. The van der Waals surface area contributed by atoms with Gasteiger partial charge in [0.2, 0.25) is 0 Å². The molecule has 1 unspecified atom stereocenters. The van der Waals surface area contributed by atoms with E-state index in [-0.39, 0.29) is 6.04 Å². The van der Waals surface area contributed by atoms with Crippen LogP contribution in [0.5, 0.6) is 0 Å². The molecule has 0 aliphatic rings. The summed E-state index contributed by atoms with van der Waals surface area (Å²) in [6.07, 6.45) is 2.91. The van der Waals surface area contributed by atoms with E-state index in [9.17, 15) is 4.79 Å². The van der Waals surface area contributed by atoms with Crippen molar-refractivity contribution >= 4 is 5.97 Å². The van der Waals surface area contributed by atoms with Crippen LogP contribution in [0.15, 0.2) is 12.2 Å². The maximum atomic E-state index is 10.2. The number of aliphatic carboxylic acids is 1. The highest BCUT2D eigenvalue weighted by atomic mass is 16.4. The van der Waals surface area contributed by atoms with Gasteiger partial charge in [-0.3, -0.25) is 0 Å². The van der Waals surface area contributed by atoms with Gasteiger partial charge in [0.15, 0.2) is 0 Å². The van der Waals surface area contributed by atoms with Gasteiger partial charge in [-0.1, -0.05) is 19.9 Å². The molecule has 0 aliphatic carbocycles. The third-order valence-corrected chi connectivity index (χ3v) is 1.72. The van der Waals surface area contributed by atoms with E-state index in [1.165, 1.54) is 6.08 Å². The molecule has 0 aliphatic heterocycles. The lowest BCUT2D eigenvalue weighted by Crippen LogP contribution is -2.30. The van der Waals surface area contributed by atoms with Crippen LogP contribution in [0.1, 0.15) is 13.8 Å². The highest BCUT2D eigenvalue weighted by Gasteiger charge is 2.11. The van der Waals surface area contributed by atoms with E-state index in [1.54, 1.807) is 6.08 Å². The Morgan fingerprint density at radius 1 is 1.42 bits per heavy atom. The van der Waals surface area contributed by atoms with Crippen LogP contribution in [-0.4, -0.2) is 36.1 Å². The van der Waals surface area contributed by atoms with Gasteiger partial charge in [0, 0.05) is 12.1 Å². The van der Waals surface area contributed by atoms with E-state index in [2.05, 4.69) is 13.8 Å². The number of rotatable bonds is 4. The van der Waals surface area contributed by atoms with E-state index < -0.39 is 5.97 Å². The monoisotopic (exact) mass is 171 g/mol. The molecule has 0 radical (unpaired) electrons. The second-order valence-corrected chi connectivity index (χ2v) is 3.40. The van der Waals surface area contributed by atoms with Crippen LogP contribution < -0.4 is 0 Å². The van der Waals surface area contributed by atoms with Crippen molar-refractivity contribution < 1.29 is 9.90 Å². The number of nitrogens with zero attached hydrogens (tertiary/aromatic N) is 1. The van der Waals surface area contributed by atoms with Crippen molar-refractivity contribution in [3.8, 4) is 0 Å². The highest BCUT2D eigenvalue weighted by molar-refractivity contribution is 5.79. The Morgan fingerprint density at radius 3 is 2.17 bits per heavy atom. The molecular formula is C9H17NO2. The average molecular weight is 171 g/mol. The SMILES string of the molecule is CC(C)C(/C=C/C(=O)O)N(C)C. The van der Waals surface area contributed by atoms with E-state index in [0.29, 0.717) is 5.92 Å². The van der Waals surface area contributed by atoms with Gasteiger partial charge in [0.1, 0.15) is 0 Å². The van der Waals surface area contributed by atoms with Crippen molar-refractivity contribution in [3.05, 3.63) is 12.2 Å². The minimum atomic E-state index is -0.887. The van der Waals surface area contributed by atoms with Crippen LogP contribution in [0.25, 0.3) is 0 Å². The molecule has 0 rings (SSSR count). The lowest BCUT2D eigenvalue weighted by atomic mass is 10.0. The fourth-order valence-electron chi connectivity index (χ4n) is 1.17. The summed E-state index contributed by atoms with van der Waals surface area (Å²) in [6.45, 7) is 4.13. The Morgan fingerprint density at radius 2 is 1.92 bits per heavy atom. The summed E-state index contributed by atoms with van der Waals surface area (Å²) in [7, 11) is 3.88. The minimum absolute atomic E-state index is 0.195. The molecule has 3 heteroatoms. The molecule has 70 valence electrons. The molecule has 0 amide bonds. The smallest absolute Gasteiger partial charge is 0.328 e. The number of hydrogen-bond acceptors (Lipinski definition) is 2. The first kappa shape index (κ1) is 11.2. The zero-order chi connectivity index (χ0) is 9.72. The maximum Gasteiger partial charge on any atom is 0.328 e. The second-order valence-electron chi connectivity index (χ2n) is 3.40. The fourth-order valence-corrected chi connectivity index (χ4v) is 1.17. The van der Waals surface area contributed by atoms with Gasteiger partial charge in [-0.15, -0.1) is 0 Å². The molecule has 0 aromatic rings. The van der Waals surface area contributed by atoms with Crippen LogP contribution in [0.3, 0.4) is 0 Å². The van der Waals surface area contributed by atoms with Crippen molar-refractivity contribution in [1.29, 1.82) is 0 Å². The van der Waals surface area contributed by atoms with Crippen LogP contribution in [0.2, 0.25) is 0 Å². The topological polar surface area (TPSA) is 40.5 Å². The molecule has 0 aromatic carbocycles. The summed E-state index contributed by atoms with van der Waals surface area (Å²) in [6, 6.07) is 0.195. The summed E-state index contributed by atoms with van der Waals surface area (Å²) in [5.74, 6) is -0.460. The largest absolute Gasteiger partial charge is 0.478 e. The van der Waals surface area contributed by atoms with E-state index in [1.807, 2.05) is 19.0 Å². The normalized spacial score (nSPS) is 14.5. The third-order valence-electron chi connectivity index (χ3n) is 1.72. The van der Waals surface area contributed by atoms with Crippen LogP contribution >= 0.6 is 0 Å². The van der Waals surface area contributed by atoms with Crippen molar-refractivity contribution in [2.24, 2.45) is 5.92 Å². The molecule has 0 heterocycles. The molecule has 0 bridgehead atoms. The Labute approximate surface area is 73.7 Å². The summed E-state index contributed by atoms with van der Waals surface area (Å²) in [5, 5.41) is 8.42. The zero-order valence-corrected chi connectivity index (χ0v) is 8.11. The standard InChI is InChI=1S/C9H17NO2/c1-7(2)8(10(3)4)5-6-9(11)12/h5-8H,1-4H3,(H,11,12)/b6-5+. The van der Waals surface area contributed by atoms with Gasteiger partial charge in [0.05, 0.1) is 0 Å². The number of hydrogen-bond donors (Lipinski definition) is 1. The zero-order valence-electron chi connectivity index (χ0n) is 8.11. The molecule has 0 saturated carbocycles. The van der Waals surface area contributed by atoms with Gasteiger partial charge in [0.25, 0.3) is 0 Å². The van der Waals surface area contributed by atoms with E-state index in [4.69, 9.17) is 5.11 Å². The van der Waals surface area contributed by atoms with Crippen molar-refractivity contribution in [1.82, 2.24) is 4.90 Å². The Balaban J connectivity index is 4.23. The predicted octanol–water partition coefficient (Wildman–Crippen LogP) is 1.21. The molecule has 3 nitrogen and oxygen atoms in total. The van der Waals surface area contributed by atoms with Crippen molar-refractivity contribution in [2.45, 2.75) is 19.9 Å². The number of carboxylic acid groups (broad SMARTS) is 1. The maximum absolute atomic E-state index is 10.2. The molecule has 1 N–H and O–H groups in total. The summed E-state index contributed by atoms with van der Waals surface area (Å²) in [5.41, 5.74) is 0. The first-order valence-electron chi connectivity index (χ1n) is 4.02. The van der Waals surface area contributed by atoms with E-state index in [0.717, 1.165) is 0 Å². The van der Waals surface area contributed by atoms with Gasteiger partial charge in [-0.05, 0) is 20.0 Å². The first-order valence-corrected chi connectivity index (χ1v) is 4.02. The molecular weight excluding hydrogens is 154 g/mol. The summed E-state index contributed by atoms with van der Waals surface area (Å²) >= 11 is 0. The molecule has 1 atom stereocenters. The summed E-state index contributed by atoms with van der Waals surface area (Å²) < 4.78 is 0. The molecule has 0 aromatic heterocycles.